The summed E-state index contributed by atoms with van der Waals surface area (Å²) in [7, 11) is 0. The van der Waals surface area contributed by atoms with E-state index in [0.717, 1.165) is 11.8 Å². The van der Waals surface area contributed by atoms with E-state index in [0.29, 0.717) is 0 Å². The maximum Gasteiger partial charge on any atom is 0.00966 e. The molecule has 0 amide bonds. The standard InChI is InChI=1S/C20H33N/c1-15-10-11-17(12-16(15)2)13-18-8-6-7-9-19(18)14-21-20(3,4)5/h10-12,18-19,21H,6-9,13-14H2,1-5H3. The van der Waals surface area contributed by atoms with Crippen molar-refractivity contribution in [1.82, 2.24) is 5.32 Å². The Morgan fingerprint density at radius 2 is 1.67 bits per heavy atom. The summed E-state index contributed by atoms with van der Waals surface area (Å²) >= 11 is 0. The van der Waals surface area contributed by atoms with Crippen LogP contribution in [0.15, 0.2) is 18.2 Å². The van der Waals surface area contributed by atoms with Crippen molar-refractivity contribution in [3.05, 3.63) is 34.9 Å². The largest absolute Gasteiger partial charge is 0.312 e. The van der Waals surface area contributed by atoms with E-state index in [2.05, 4.69) is 58.1 Å². The van der Waals surface area contributed by atoms with Crippen LogP contribution in [0.5, 0.6) is 0 Å². The highest BCUT2D eigenvalue weighted by Gasteiger charge is 2.26. The zero-order chi connectivity index (χ0) is 15.5. The zero-order valence-electron chi connectivity index (χ0n) is 14.6. The van der Waals surface area contributed by atoms with Crippen molar-refractivity contribution in [3.8, 4) is 0 Å². The third-order valence-electron chi connectivity index (χ3n) is 5.03. The summed E-state index contributed by atoms with van der Waals surface area (Å²) in [5, 5.41) is 3.73. The molecule has 2 rings (SSSR count). The molecule has 1 N–H and O–H groups in total. The molecular weight excluding hydrogens is 254 g/mol. The van der Waals surface area contributed by atoms with Crippen LogP contribution in [0, 0.1) is 25.7 Å². The van der Waals surface area contributed by atoms with E-state index in [-0.39, 0.29) is 5.54 Å². The van der Waals surface area contributed by atoms with Crippen LogP contribution in [-0.4, -0.2) is 12.1 Å². The quantitative estimate of drug-likeness (QED) is 0.818. The van der Waals surface area contributed by atoms with E-state index in [1.165, 1.54) is 55.3 Å². The fourth-order valence-corrected chi connectivity index (χ4v) is 3.49. The molecule has 2 unspecified atom stereocenters. The van der Waals surface area contributed by atoms with Gasteiger partial charge in [-0.25, -0.2) is 0 Å². The SMILES string of the molecule is Cc1ccc(CC2CCCCC2CNC(C)(C)C)cc1C. The van der Waals surface area contributed by atoms with Crippen molar-refractivity contribution in [2.45, 2.75) is 72.3 Å². The molecule has 0 heterocycles. The van der Waals surface area contributed by atoms with Crippen molar-refractivity contribution >= 4 is 0 Å². The first-order valence-corrected chi connectivity index (χ1v) is 8.66. The Bertz CT molecular complexity index is 455. The van der Waals surface area contributed by atoms with Crippen molar-refractivity contribution in [1.29, 1.82) is 0 Å². The fraction of sp³-hybridized carbons (Fsp3) is 0.700. The van der Waals surface area contributed by atoms with Crippen molar-refractivity contribution in [3.63, 3.8) is 0 Å². The molecule has 0 spiro atoms. The highest BCUT2D eigenvalue weighted by molar-refractivity contribution is 5.30. The first-order chi connectivity index (χ1) is 9.85. The summed E-state index contributed by atoms with van der Waals surface area (Å²) in [6.07, 6.45) is 6.90. The first-order valence-electron chi connectivity index (χ1n) is 8.66. The van der Waals surface area contributed by atoms with Crippen LogP contribution in [-0.2, 0) is 6.42 Å². The van der Waals surface area contributed by atoms with Gasteiger partial charge < -0.3 is 5.32 Å². The first kappa shape index (κ1) is 16.5. The number of hydrogen-bond donors (Lipinski definition) is 1. The maximum atomic E-state index is 3.73. The molecule has 0 saturated heterocycles. The lowest BCUT2D eigenvalue weighted by Crippen LogP contribution is -2.41. The van der Waals surface area contributed by atoms with Gasteiger partial charge in [0.05, 0.1) is 0 Å². The molecule has 1 nitrogen and oxygen atoms in total. The molecule has 1 aliphatic rings. The molecule has 1 saturated carbocycles. The molecule has 1 aromatic rings. The number of hydrogen-bond acceptors (Lipinski definition) is 1. The molecule has 0 bridgehead atoms. The second kappa shape index (κ2) is 6.96. The summed E-state index contributed by atoms with van der Waals surface area (Å²) in [4.78, 5) is 0. The van der Waals surface area contributed by atoms with E-state index in [1.807, 2.05) is 0 Å². The molecule has 0 aliphatic heterocycles. The number of nitrogens with one attached hydrogen (secondary N) is 1. The Kier molecular flexibility index (Phi) is 5.48. The molecule has 21 heavy (non-hydrogen) atoms. The van der Waals surface area contributed by atoms with E-state index in [9.17, 15) is 0 Å². The molecule has 0 radical (unpaired) electrons. The Morgan fingerprint density at radius 1 is 1.00 bits per heavy atom. The van der Waals surface area contributed by atoms with Crippen LogP contribution in [0.3, 0.4) is 0 Å². The number of rotatable bonds is 4. The van der Waals surface area contributed by atoms with Gasteiger partial charge in [0.15, 0.2) is 0 Å². The Labute approximate surface area is 131 Å². The molecule has 1 heteroatoms. The highest BCUT2D eigenvalue weighted by atomic mass is 14.9. The summed E-state index contributed by atoms with van der Waals surface area (Å²) in [6.45, 7) is 12.4. The maximum absolute atomic E-state index is 3.73. The van der Waals surface area contributed by atoms with Gasteiger partial charge in [0.25, 0.3) is 0 Å². The van der Waals surface area contributed by atoms with Crippen LogP contribution in [0.4, 0.5) is 0 Å². The lowest BCUT2D eigenvalue weighted by molar-refractivity contribution is 0.213. The van der Waals surface area contributed by atoms with Gasteiger partial charge in [-0.3, -0.25) is 0 Å². The lowest BCUT2D eigenvalue weighted by Gasteiger charge is -2.34. The Hall–Kier alpha value is -0.820. The predicted molar refractivity (Wildman–Crippen MR) is 92.8 cm³/mol. The van der Waals surface area contributed by atoms with Crippen LogP contribution >= 0.6 is 0 Å². The smallest absolute Gasteiger partial charge is 0.00966 e. The Balaban J connectivity index is 1.99. The van der Waals surface area contributed by atoms with E-state index in [1.54, 1.807) is 0 Å². The number of benzene rings is 1. The third kappa shape index (κ3) is 5.14. The predicted octanol–water partition coefficient (Wildman–Crippen LogP) is 5.04. The number of aryl methyl sites for hydroxylation is 2. The van der Waals surface area contributed by atoms with E-state index in [4.69, 9.17) is 0 Å². The fourth-order valence-electron chi connectivity index (χ4n) is 3.49. The summed E-state index contributed by atoms with van der Waals surface area (Å²) in [6, 6.07) is 7.03. The van der Waals surface area contributed by atoms with Crippen molar-refractivity contribution < 1.29 is 0 Å². The minimum Gasteiger partial charge on any atom is -0.312 e. The van der Waals surface area contributed by atoms with Gasteiger partial charge >= 0.3 is 0 Å². The summed E-state index contributed by atoms with van der Waals surface area (Å²) in [5.74, 6) is 1.70. The summed E-state index contributed by atoms with van der Waals surface area (Å²) < 4.78 is 0. The van der Waals surface area contributed by atoms with Crippen molar-refractivity contribution in [2.75, 3.05) is 6.54 Å². The second-order valence-corrected chi connectivity index (χ2v) is 8.06. The minimum atomic E-state index is 0.239. The lowest BCUT2D eigenvalue weighted by atomic mass is 9.75. The zero-order valence-corrected chi connectivity index (χ0v) is 14.6. The van der Waals surface area contributed by atoms with E-state index >= 15 is 0 Å². The van der Waals surface area contributed by atoms with Crippen LogP contribution in [0.2, 0.25) is 0 Å². The monoisotopic (exact) mass is 287 g/mol. The molecule has 2 atom stereocenters. The van der Waals surface area contributed by atoms with Gasteiger partial charge in [0.1, 0.15) is 0 Å². The second-order valence-electron chi connectivity index (χ2n) is 8.06. The van der Waals surface area contributed by atoms with Crippen LogP contribution < -0.4 is 5.32 Å². The summed E-state index contributed by atoms with van der Waals surface area (Å²) in [5.41, 5.74) is 4.62. The minimum absolute atomic E-state index is 0.239. The van der Waals surface area contributed by atoms with E-state index < -0.39 is 0 Å². The molecule has 1 aromatic carbocycles. The topological polar surface area (TPSA) is 12.0 Å². The third-order valence-corrected chi connectivity index (χ3v) is 5.03. The average Bonchev–Trinajstić information content (AvgIpc) is 2.41. The normalized spacial score (nSPS) is 23.3. The van der Waals surface area contributed by atoms with Gasteiger partial charge in [-0.15, -0.1) is 0 Å². The molecular formula is C20H33N. The molecule has 1 aliphatic carbocycles. The Morgan fingerprint density at radius 3 is 2.29 bits per heavy atom. The van der Waals surface area contributed by atoms with Crippen molar-refractivity contribution in [2.24, 2.45) is 11.8 Å². The van der Waals surface area contributed by atoms with Gasteiger partial charge in [-0.2, -0.15) is 0 Å². The molecule has 0 aromatic heterocycles. The van der Waals surface area contributed by atoms with Gasteiger partial charge in [0, 0.05) is 5.54 Å². The molecule has 118 valence electrons. The van der Waals surface area contributed by atoms with Crippen LogP contribution in [0.1, 0.15) is 63.1 Å². The van der Waals surface area contributed by atoms with Crippen LogP contribution in [0.25, 0.3) is 0 Å². The highest BCUT2D eigenvalue weighted by Crippen LogP contribution is 2.32. The molecule has 1 fully saturated rings. The van der Waals surface area contributed by atoms with Gasteiger partial charge in [0.2, 0.25) is 0 Å². The average molecular weight is 287 g/mol. The van der Waals surface area contributed by atoms with Gasteiger partial charge in [-0.1, -0.05) is 31.0 Å². The van der Waals surface area contributed by atoms with Gasteiger partial charge in [-0.05, 0) is 89.0 Å².